The molecule has 7 heteroatoms. The number of carbonyl (C=O) groups is 2. The number of nitrogens with zero attached hydrogens (tertiary/aromatic N) is 1. The largest absolute Gasteiger partial charge is 0.490 e. The number of ether oxygens (including phenoxy) is 2. The molecule has 2 rings (SSSR count). The number of benzene rings is 1. The number of carboxylic acid groups (broad SMARTS) is 1. The number of likely N-dealkylation sites (tertiary alicyclic amines) is 1. The summed E-state index contributed by atoms with van der Waals surface area (Å²) in [6.45, 7) is 8.13. The number of carbonyl (C=O) groups excluding carboxylic acids is 1. The molecule has 1 heterocycles. The van der Waals surface area contributed by atoms with Gasteiger partial charge < -0.3 is 19.9 Å². The van der Waals surface area contributed by atoms with Crippen molar-refractivity contribution in [2.24, 2.45) is 11.8 Å². The van der Waals surface area contributed by atoms with Crippen LogP contribution in [0.25, 0.3) is 0 Å². The molecule has 7 nitrogen and oxygen atoms in total. The van der Waals surface area contributed by atoms with Gasteiger partial charge in [-0.3, -0.25) is 14.5 Å². The van der Waals surface area contributed by atoms with E-state index in [2.05, 4.69) is 5.32 Å². The van der Waals surface area contributed by atoms with Gasteiger partial charge in [0.2, 0.25) is 5.91 Å². The van der Waals surface area contributed by atoms with E-state index < -0.39 is 11.9 Å². The van der Waals surface area contributed by atoms with Crippen LogP contribution in [0, 0.1) is 11.8 Å². The highest BCUT2D eigenvalue weighted by atomic mass is 16.5. The minimum Gasteiger partial charge on any atom is -0.490 e. The second-order valence-electron chi connectivity index (χ2n) is 6.65. The fourth-order valence-corrected chi connectivity index (χ4v) is 3.30. The van der Waals surface area contributed by atoms with Crippen molar-refractivity contribution in [2.75, 3.05) is 38.2 Å². The molecule has 144 valence electrons. The van der Waals surface area contributed by atoms with Crippen LogP contribution in [0.4, 0.5) is 5.69 Å². The lowest BCUT2D eigenvalue weighted by Crippen LogP contribution is -2.45. The minimum atomic E-state index is -0.796. The zero-order valence-electron chi connectivity index (χ0n) is 15.7. The molecule has 0 saturated carbocycles. The van der Waals surface area contributed by atoms with Crippen molar-refractivity contribution in [2.45, 2.75) is 27.2 Å². The molecule has 1 saturated heterocycles. The van der Waals surface area contributed by atoms with Gasteiger partial charge in [-0.05, 0) is 38.3 Å². The van der Waals surface area contributed by atoms with Crippen molar-refractivity contribution in [1.82, 2.24) is 4.90 Å². The highest BCUT2D eigenvalue weighted by Gasteiger charge is 2.30. The summed E-state index contributed by atoms with van der Waals surface area (Å²) in [5.74, 6) is 0.102. The first-order chi connectivity index (χ1) is 12.4. The standard InChI is InChI=1S/C19H28N2O5/c1-4-25-16-7-6-15(9-17(16)26-5-2)20-18(22)12-21-10-13(3)8-14(11-21)19(23)24/h6-7,9,13-14H,4-5,8,10-12H2,1-3H3,(H,20,22)(H,23,24). The van der Waals surface area contributed by atoms with E-state index in [0.717, 1.165) is 6.54 Å². The van der Waals surface area contributed by atoms with E-state index >= 15 is 0 Å². The summed E-state index contributed by atoms with van der Waals surface area (Å²) in [6, 6.07) is 5.28. The zero-order valence-corrected chi connectivity index (χ0v) is 15.7. The van der Waals surface area contributed by atoms with Crippen molar-refractivity contribution in [1.29, 1.82) is 0 Å². The molecule has 0 aromatic heterocycles. The molecule has 0 spiro atoms. The maximum atomic E-state index is 12.4. The highest BCUT2D eigenvalue weighted by Crippen LogP contribution is 2.30. The average Bonchev–Trinajstić information content (AvgIpc) is 2.57. The Morgan fingerprint density at radius 3 is 2.54 bits per heavy atom. The lowest BCUT2D eigenvalue weighted by atomic mass is 9.90. The predicted octanol–water partition coefficient (Wildman–Crippen LogP) is 2.47. The molecular formula is C19H28N2O5. The third-order valence-corrected chi connectivity index (χ3v) is 4.28. The van der Waals surface area contributed by atoms with Crippen molar-refractivity contribution >= 4 is 17.6 Å². The van der Waals surface area contributed by atoms with Gasteiger partial charge in [0, 0.05) is 24.8 Å². The van der Waals surface area contributed by atoms with Gasteiger partial charge in [-0.2, -0.15) is 0 Å². The molecule has 1 fully saturated rings. The van der Waals surface area contributed by atoms with Gasteiger partial charge >= 0.3 is 5.97 Å². The van der Waals surface area contributed by atoms with Crippen molar-refractivity contribution in [3.63, 3.8) is 0 Å². The Labute approximate surface area is 154 Å². The minimum absolute atomic E-state index is 0.171. The lowest BCUT2D eigenvalue weighted by Gasteiger charge is -2.34. The zero-order chi connectivity index (χ0) is 19.1. The predicted molar refractivity (Wildman–Crippen MR) is 98.8 cm³/mol. The number of aliphatic carboxylic acids is 1. The third kappa shape index (κ3) is 5.62. The monoisotopic (exact) mass is 364 g/mol. The summed E-state index contributed by atoms with van der Waals surface area (Å²) in [5.41, 5.74) is 0.627. The molecule has 1 amide bonds. The molecule has 0 bridgehead atoms. The van der Waals surface area contributed by atoms with Crippen molar-refractivity contribution in [3.8, 4) is 11.5 Å². The molecule has 1 aromatic carbocycles. The van der Waals surface area contributed by atoms with E-state index in [9.17, 15) is 14.7 Å². The molecule has 1 aliphatic heterocycles. The van der Waals surface area contributed by atoms with Gasteiger partial charge in [0.25, 0.3) is 0 Å². The number of hydrogen-bond donors (Lipinski definition) is 2. The van der Waals surface area contributed by atoms with Crippen LogP contribution in [0.3, 0.4) is 0 Å². The number of anilines is 1. The van der Waals surface area contributed by atoms with E-state index in [1.807, 2.05) is 25.7 Å². The van der Waals surface area contributed by atoms with Crippen LogP contribution in [0.15, 0.2) is 18.2 Å². The summed E-state index contributed by atoms with van der Waals surface area (Å²) >= 11 is 0. The van der Waals surface area contributed by atoms with E-state index in [1.54, 1.807) is 18.2 Å². The van der Waals surface area contributed by atoms with Crippen molar-refractivity contribution in [3.05, 3.63) is 18.2 Å². The van der Waals surface area contributed by atoms with Gasteiger partial charge in [-0.25, -0.2) is 0 Å². The maximum absolute atomic E-state index is 12.4. The molecule has 1 aliphatic rings. The molecular weight excluding hydrogens is 336 g/mol. The Balaban J connectivity index is 1.98. The molecule has 0 radical (unpaired) electrons. The fraction of sp³-hybridized carbons (Fsp3) is 0.579. The van der Waals surface area contributed by atoms with Gasteiger partial charge in [0.15, 0.2) is 11.5 Å². The molecule has 2 atom stereocenters. The average molecular weight is 364 g/mol. The quantitative estimate of drug-likeness (QED) is 0.737. The van der Waals surface area contributed by atoms with Crippen LogP contribution in [0.2, 0.25) is 0 Å². The Kier molecular flexibility index (Phi) is 7.26. The number of hydrogen-bond acceptors (Lipinski definition) is 5. The maximum Gasteiger partial charge on any atom is 0.307 e. The van der Waals surface area contributed by atoms with E-state index in [4.69, 9.17) is 9.47 Å². The summed E-state index contributed by atoms with van der Waals surface area (Å²) in [5, 5.41) is 12.1. The van der Waals surface area contributed by atoms with Crippen LogP contribution < -0.4 is 14.8 Å². The second-order valence-corrected chi connectivity index (χ2v) is 6.65. The summed E-state index contributed by atoms with van der Waals surface area (Å²) in [6.07, 6.45) is 0.657. The van der Waals surface area contributed by atoms with Crippen LogP contribution in [0.5, 0.6) is 11.5 Å². The Bertz CT molecular complexity index is 634. The molecule has 2 unspecified atom stereocenters. The summed E-state index contributed by atoms with van der Waals surface area (Å²) in [7, 11) is 0. The molecule has 2 N–H and O–H groups in total. The first-order valence-electron chi connectivity index (χ1n) is 9.07. The third-order valence-electron chi connectivity index (χ3n) is 4.28. The number of amides is 1. The van der Waals surface area contributed by atoms with Crippen molar-refractivity contribution < 1.29 is 24.2 Å². The van der Waals surface area contributed by atoms with Gasteiger partial charge in [-0.1, -0.05) is 6.92 Å². The fourth-order valence-electron chi connectivity index (χ4n) is 3.30. The number of piperidine rings is 1. The van der Waals surface area contributed by atoms with Gasteiger partial charge in [-0.15, -0.1) is 0 Å². The van der Waals surface area contributed by atoms with Crippen LogP contribution >= 0.6 is 0 Å². The number of carboxylic acids is 1. The smallest absolute Gasteiger partial charge is 0.307 e. The first-order valence-corrected chi connectivity index (χ1v) is 9.07. The topological polar surface area (TPSA) is 88.1 Å². The van der Waals surface area contributed by atoms with Crippen LogP contribution in [-0.4, -0.2) is 54.7 Å². The molecule has 0 aliphatic carbocycles. The van der Waals surface area contributed by atoms with Crippen LogP contribution in [0.1, 0.15) is 27.2 Å². The molecule has 26 heavy (non-hydrogen) atoms. The van der Waals surface area contributed by atoms with E-state index in [0.29, 0.717) is 43.4 Å². The SMILES string of the molecule is CCOc1ccc(NC(=O)CN2CC(C)CC(C(=O)O)C2)cc1OCC. The highest BCUT2D eigenvalue weighted by molar-refractivity contribution is 5.92. The summed E-state index contributed by atoms with van der Waals surface area (Å²) < 4.78 is 11.1. The Morgan fingerprint density at radius 1 is 1.19 bits per heavy atom. The van der Waals surface area contributed by atoms with Gasteiger partial charge in [0.1, 0.15) is 0 Å². The van der Waals surface area contributed by atoms with Gasteiger partial charge in [0.05, 0.1) is 25.7 Å². The lowest BCUT2D eigenvalue weighted by molar-refractivity contribution is -0.144. The van der Waals surface area contributed by atoms with Crippen LogP contribution in [-0.2, 0) is 9.59 Å². The molecule has 1 aromatic rings. The normalized spacial score (nSPS) is 20.4. The number of rotatable bonds is 8. The Morgan fingerprint density at radius 2 is 1.88 bits per heavy atom. The second kappa shape index (κ2) is 9.43. The first kappa shape index (κ1) is 20.0. The van der Waals surface area contributed by atoms with E-state index in [1.165, 1.54) is 0 Å². The summed E-state index contributed by atoms with van der Waals surface area (Å²) in [4.78, 5) is 25.5. The number of nitrogens with one attached hydrogen (secondary N) is 1. The Hall–Kier alpha value is -2.28. The van der Waals surface area contributed by atoms with E-state index in [-0.39, 0.29) is 18.4 Å².